The van der Waals surface area contributed by atoms with Crippen molar-refractivity contribution in [2.45, 2.75) is 39.2 Å². The largest absolute Gasteiger partial charge is 0.416 e. The second-order valence-electron chi connectivity index (χ2n) is 6.93. The molecule has 142 valence electrons. The predicted molar refractivity (Wildman–Crippen MR) is 94.2 cm³/mol. The van der Waals surface area contributed by atoms with Gasteiger partial charge in [0.25, 0.3) is 5.78 Å². The first-order valence-corrected chi connectivity index (χ1v) is 8.60. The van der Waals surface area contributed by atoms with Gasteiger partial charge in [-0.3, -0.25) is 9.30 Å². The normalized spacial score (nSPS) is 15.9. The van der Waals surface area contributed by atoms with Crippen LogP contribution in [0.2, 0.25) is 0 Å². The summed E-state index contributed by atoms with van der Waals surface area (Å²) in [7, 11) is 2.01. The van der Waals surface area contributed by atoms with Crippen LogP contribution in [-0.2, 0) is 19.3 Å². The fourth-order valence-electron chi connectivity index (χ4n) is 3.48. The summed E-state index contributed by atoms with van der Waals surface area (Å²) in [6.07, 6.45) is -4.37. The number of benzene rings is 1. The fourth-order valence-corrected chi connectivity index (χ4v) is 3.48. The molecule has 1 atom stereocenters. The van der Waals surface area contributed by atoms with Crippen molar-refractivity contribution in [1.82, 2.24) is 24.5 Å². The van der Waals surface area contributed by atoms with Crippen molar-refractivity contribution < 1.29 is 13.2 Å². The highest BCUT2D eigenvalue weighted by molar-refractivity contribution is 5.55. The monoisotopic (exact) mass is 376 g/mol. The molecule has 4 rings (SSSR count). The molecule has 0 fully saturated rings. The molecule has 6 nitrogen and oxygen atoms in total. The summed E-state index contributed by atoms with van der Waals surface area (Å²) in [4.78, 5) is 6.71. The van der Waals surface area contributed by atoms with Crippen molar-refractivity contribution in [3.63, 3.8) is 0 Å². The Labute approximate surface area is 154 Å². The van der Waals surface area contributed by atoms with Crippen LogP contribution in [0, 0.1) is 6.92 Å². The number of hydrogen-bond acceptors (Lipinski definition) is 5. The molecule has 3 aromatic rings. The maximum atomic E-state index is 13.0. The van der Waals surface area contributed by atoms with Gasteiger partial charge in [0.2, 0.25) is 0 Å². The maximum Gasteiger partial charge on any atom is 0.416 e. The molecule has 0 radical (unpaired) electrons. The van der Waals surface area contributed by atoms with Crippen LogP contribution in [0.5, 0.6) is 0 Å². The van der Waals surface area contributed by atoms with Crippen LogP contribution < -0.4 is 5.32 Å². The molecule has 9 heteroatoms. The van der Waals surface area contributed by atoms with E-state index in [4.69, 9.17) is 0 Å². The molecule has 1 aliphatic rings. The summed E-state index contributed by atoms with van der Waals surface area (Å²) < 4.78 is 40.9. The van der Waals surface area contributed by atoms with Gasteiger partial charge in [-0.15, -0.1) is 10.2 Å². The van der Waals surface area contributed by atoms with Gasteiger partial charge in [0.1, 0.15) is 11.6 Å². The Bertz CT molecular complexity index is 1010. The van der Waals surface area contributed by atoms with Gasteiger partial charge in [-0.25, -0.2) is 0 Å². The predicted octanol–water partition coefficient (Wildman–Crippen LogP) is 3.57. The highest BCUT2D eigenvalue weighted by Gasteiger charge is 2.31. The minimum Gasteiger partial charge on any atom is -0.363 e. The summed E-state index contributed by atoms with van der Waals surface area (Å²) in [5.41, 5.74) is 1.97. The van der Waals surface area contributed by atoms with Gasteiger partial charge in [0.05, 0.1) is 5.56 Å². The molecule has 1 aliphatic heterocycles. The van der Waals surface area contributed by atoms with Crippen molar-refractivity contribution >= 4 is 11.6 Å². The van der Waals surface area contributed by atoms with E-state index in [1.807, 2.05) is 25.3 Å². The molecule has 27 heavy (non-hydrogen) atoms. The van der Waals surface area contributed by atoms with Crippen LogP contribution in [0.4, 0.5) is 19.0 Å². The third kappa shape index (κ3) is 3.12. The lowest BCUT2D eigenvalue weighted by molar-refractivity contribution is -0.137. The molecular weight excluding hydrogens is 357 g/mol. The van der Waals surface area contributed by atoms with E-state index in [0.29, 0.717) is 23.7 Å². The lowest BCUT2D eigenvalue weighted by atomic mass is 10.0. The topological polar surface area (TPSA) is 58.4 Å². The Hall–Kier alpha value is -2.68. The first-order chi connectivity index (χ1) is 12.7. The number of rotatable bonds is 3. The minimum atomic E-state index is -4.37. The fraction of sp³-hybridized carbons (Fsp3) is 0.389. The zero-order valence-corrected chi connectivity index (χ0v) is 15.2. The van der Waals surface area contributed by atoms with E-state index in [1.54, 1.807) is 6.07 Å². The zero-order valence-electron chi connectivity index (χ0n) is 15.2. The Morgan fingerprint density at radius 1 is 1.19 bits per heavy atom. The number of nitrogens with zero attached hydrogens (tertiary/aromatic N) is 5. The van der Waals surface area contributed by atoms with E-state index in [2.05, 4.69) is 25.4 Å². The minimum absolute atomic E-state index is 0.346. The number of aromatic nitrogens is 4. The molecule has 1 N–H and O–H groups in total. The maximum absolute atomic E-state index is 13.0. The van der Waals surface area contributed by atoms with Crippen LogP contribution in [-0.4, -0.2) is 31.5 Å². The number of alkyl halides is 3. The lowest BCUT2D eigenvalue weighted by Gasteiger charge is -2.19. The second kappa shape index (κ2) is 6.19. The molecule has 0 amide bonds. The van der Waals surface area contributed by atoms with Gasteiger partial charge in [0.15, 0.2) is 0 Å². The summed E-state index contributed by atoms with van der Waals surface area (Å²) in [5.74, 6) is 1.89. The average Bonchev–Trinajstić information content (AvgIpc) is 3.17. The molecule has 2 aromatic heterocycles. The van der Waals surface area contributed by atoms with Crippen molar-refractivity contribution in [2.24, 2.45) is 0 Å². The van der Waals surface area contributed by atoms with Crippen molar-refractivity contribution in [2.75, 3.05) is 12.4 Å². The number of anilines is 1. The molecule has 1 aromatic carbocycles. The van der Waals surface area contributed by atoms with E-state index < -0.39 is 11.7 Å². The van der Waals surface area contributed by atoms with E-state index >= 15 is 0 Å². The van der Waals surface area contributed by atoms with E-state index in [9.17, 15) is 13.2 Å². The van der Waals surface area contributed by atoms with E-state index in [-0.39, 0.29) is 6.04 Å². The van der Waals surface area contributed by atoms with Gasteiger partial charge in [-0.2, -0.15) is 18.2 Å². The molecule has 0 saturated carbocycles. The van der Waals surface area contributed by atoms with E-state index in [1.165, 1.54) is 12.1 Å². The molecule has 0 bridgehead atoms. The smallest absolute Gasteiger partial charge is 0.363 e. The first-order valence-electron chi connectivity index (χ1n) is 8.60. The van der Waals surface area contributed by atoms with Gasteiger partial charge < -0.3 is 5.32 Å². The van der Waals surface area contributed by atoms with Crippen LogP contribution >= 0.6 is 0 Å². The summed E-state index contributed by atoms with van der Waals surface area (Å²) in [6, 6.07) is 5.00. The Morgan fingerprint density at radius 3 is 2.70 bits per heavy atom. The van der Waals surface area contributed by atoms with Gasteiger partial charge in [-0.05, 0) is 38.6 Å². The Balaban J connectivity index is 1.71. The number of fused-ring (bicyclic) bond motifs is 3. The molecule has 1 unspecified atom stereocenters. The number of aryl methyl sites for hydroxylation is 1. The Morgan fingerprint density at radius 2 is 1.96 bits per heavy atom. The SMILES string of the molecule is Cc1nnc2nc(NC(C)c3cccc(C(F)(F)F)c3)c3c(n12)CN(C)C3. The number of halogens is 3. The highest BCUT2D eigenvalue weighted by atomic mass is 19.4. The van der Waals surface area contributed by atoms with Gasteiger partial charge in [-0.1, -0.05) is 12.1 Å². The average molecular weight is 376 g/mol. The molecule has 0 saturated heterocycles. The lowest BCUT2D eigenvalue weighted by Crippen LogP contribution is -2.14. The molecular formula is C18H19F3N6. The van der Waals surface area contributed by atoms with Gasteiger partial charge >= 0.3 is 6.18 Å². The zero-order chi connectivity index (χ0) is 19.3. The molecule has 0 spiro atoms. The molecule has 0 aliphatic carbocycles. The van der Waals surface area contributed by atoms with Crippen LogP contribution in [0.3, 0.4) is 0 Å². The Kier molecular flexibility index (Phi) is 4.06. The third-order valence-corrected chi connectivity index (χ3v) is 4.84. The number of hydrogen-bond donors (Lipinski definition) is 1. The number of nitrogens with one attached hydrogen (secondary N) is 1. The van der Waals surface area contributed by atoms with E-state index in [0.717, 1.165) is 29.7 Å². The third-order valence-electron chi connectivity index (χ3n) is 4.84. The van der Waals surface area contributed by atoms with Crippen LogP contribution in [0.15, 0.2) is 24.3 Å². The van der Waals surface area contributed by atoms with Crippen molar-refractivity contribution in [3.8, 4) is 0 Å². The second-order valence-corrected chi connectivity index (χ2v) is 6.93. The molecule has 3 heterocycles. The van der Waals surface area contributed by atoms with Gasteiger partial charge in [0, 0.05) is 30.4 Å². The summed E-state index contributed by atoms with van der Waals surface area (Å²) in [6.45, 7) is 5.13. The quantitative estimate of drug-likeness (QED) is 0.757. The first kappa shape index (κ1) is 17.7. The van der Waals surface area contributed by atoms with Crippen LogP contribution in [0.1, 0.15) is 41.2 Å². The standard InChI is InChI=1S/C18H19F3N6/c1-10(12-5-4-6-13(7-12)18(19,20)21)22-16-14-8-26(3)9-15(14)27-11(2)24-25-17(27)23-16/h4-7,10H,8-9H2,1-3H3,(H,22,23,25). The highest BCUT2D eigenvalue weighted by Crippen LogP contribution is 2.33. The van der Waals surface area contributed by atoms with Crippen molar-refractivity contribution in [3.05, 3.63) is 52.5 Å². The summed E-state index contributed by atoms with van der Waals surface area (Å²) in [5, 5.41) is 11.5. The van der Waals surface area contributed by atoms with Crippen molar-refractivity contribution in [1.29, 1.82) is 0 Å². The van der Waals surface area contributed by atoms with Crippen LogP contribution in [0.25, 0.3) is 5.78 Å². The summed E-state index contributed by atoms with van der Waals surface area (Å²) >= 11 is 0.